The summed E-state index contributed by atoms with van der Waals surface area (Å²) in [5.74, 6) is 1.93. The predicted molar refractivity (Wildman–Crippen MR) is 81.4 cm³/mol. The van der Waals surface area contributed by atoms with Crippen LogP contribution in [0.3, 0.4) is 0 Å². The number of hydrogen-bond acceptors (Lipinski definition) is 3. The standard InChI is InChI=1S/C16H23BO3/c1-15(2)16(3,4)20-17(19-15)12-11-14(18-5)13-9-7-6-8-10-13/h6-12,14H,1-5H3. The van der Waals surface area contributed by atoms with Crippen molar-refractivity contribution in [3.63, 3.8) is 0 Å². The minimum Gasteiger partial charge on any atom is -0.400 e. The summed E-state index contributed by atoms with van der Waals surface area (Å²) in [6.07, 6.45) is 1.90. The average molecular weight is 274 g/mol. The fraction of sp³-hybridized carbons (Fsp3) is 0.500. The zero-order chi connectivity index (χ0) is 14.8. The van der Waals surface area contributed by atoms with Crippen LogP contribution in [0, 0.1) is 0 Å². The van der Waals surface area contributed by atoms with Crippen LogP contribution in [0.4, 0.5) is 0 Å². The van der Waals surface area contributed by atoms with E-state index in [9.17, 15) is 0 Å². The normalized spacial score (nSPS) is 22.4. The monoisotopic (exact) mass is 274 g/mol. The van der Waals surface area contributed by atoms with Crippen molar-refractivity contribution in [2.75, 3.05) is 7.11 Å². The molecule has 0 radical (unpaired) electrons. The van der Waals surface area contributed by atoms with E-state index >= 15 is 0 Å². The van der Waals surface area contributed by atoms with Gasteiger partial charge in [-0.1, -0.05) is 42.4 Å². The second-order valence-electron chi connectivity index (χ2n) is 6.08. The van der Waals surface area contributed by atoms with Crippen LogP contribution < -0.4 is 0 Å². The predicted octanol–water partition coefficient (Wildman–Crippen LogP) is 3.56. The Morgan fingerprint density at radius 2 is 1.60 bits per heavy atom. The molecule has 0 spiro atoms. The van der Waals surface area contributed by atoms with Crippen molar-refractivity contribution in [1.29, 1.82) is 0 Å². The fourth-order valence-electron chi connectivity index (χ4n) is 2.13. The van der Waals surface area contributed by atoms with Gasteiger partial charge in [-0.25, -0.2) is 0 Å². The average Bonchev–Trinajstić information content (AvgIpc) is 2.60. The van der Waals surface area contributed by atoms with Crippen LogP contribution in [-0.4, -0.2) is 25.4 Å². The SMILES string of the molecule is COC(C=CB1OC(C)(C)C(C)(C)O1)c1ccccc1. The summed E-state index contributed by atoms with van der Waals surface area (Å²) in [5.41, 5.74) is 0.497. The lowest BCUT2D eigenvalue weighted by Gasteiger charge is -2.32. The zero-order valence-corrected chi connectivity index (χ0v) is 12.9. The van der Waals surface area contributed by atoms with E-state index in [0.717, 1.165) is 5.56 Å². The molecule has 0 N–H and O–H groups in total. The Morgan fingerprint density at radius 1 is 1.05 bits per heavy atom. The first-order chi connectivity index (χ1) is 9.36. The first kappa shape index (κ1) is 15.3. The molecule has 3 nitrogen and oxygen atoms in total. The third kappa shape index (κ3) is 3.14. The highest BCUT2D eigenvalue weighted by molar-refractivity contribution is 6.51. The quantitative estimate of drug-likeness (QED) is 0.786. The van der Waals surface area contributed by atoms with Crippen LogP contribution in [0.5, 0.6) is 0 Å². The van der Waals surface area contributed by atoms with E-state index in [-0.39, 0.29) is 24.4 Å². The van der Waals surface area contributed by atoms with Crippen LogP contribution in [0.15, 0.2) is 42.4 Å². The highest BCUT2D eigenvalue weighted by atomic mass is 16.7. The molecule has 4 heteroatoms. The van der Waals surface area contributed by atoms with Crippen molar-refractivity contribution in [1.82, 2.24) is 0 Å². The van der Waals surface area contributed by atoms with E-state index in [1.54, 1.807) is 7.11 Å². The third-order valence-corrected chi connectivity index (χ3v) is 4.10. The Bertz CT molecular complexity index is 452. The Labute approximate surface area is 122 Å². The van der Waals surface area contributed by atoms with Crippen molar-refractivity contribution in [3.8, 4) is 0 Å². The van der Waals surface area contributed by atoms with Gasteiger partial charge in [0.1, 0.15) is 0 Å². The minimum absolute atomic E-state index is 0.0878. The molecule has 0 aromatic heterocycles. The largest absolute Gasteiger partial charge is 0.486 e. The van der Waals surface area contributed by atoms with Gasteiger partial charge in [-0.2, -0.15) is 0 Å². The van der Waals surface area contributed by atoms with Gasteiger partial charge in [0.15, 0.2) is 0 Å². The van der Waals surface area contributed by atoms with Gasteiger partial charge in [-0.3, -0.25) is 0 Å². The minimum atomic E-state index is -0.332. The van der Waals surface area contributed by atoms with Gasteiger partial charge in [-0.05, 0) is 33.3 Å². The van der Waals surface area contributed by atoms with E-state index in [4.69, 9.17) is 14.0 Å². The number of benzene rings is 1. The highest BCUT2D eigenvalue weighted by Gasteiger charge is 2.50. The van der Waals surface area contributed by atoms with E-state index in [0.29, 0.717) is 0 Å². The molecule has 108 valence electrons. The molecule has 0 aliphatic carbocycles. The van der Waals surface area contributed by atoms with Crippen LogP contribution in [0.25, 0.3) is 0 Å². The van der Waals surface area contributed by atoms with Gasteiger partial charge in [0, 0.05) is 7.11 Å². The molecular formula is C16H23BO3. The van der Waals surface area contributed by atoms with Crippen LogP contribution in [0.2, 0.25) is 0 Å². The summed E-state index contributed by atoms with van der Waals surface area (Å²) < 4.78 is 17.4. The van der Waals surface area contributed by atoms with Gasteiger partial charge >= 0.3 is 7.12 Å². The molecule has 0 bridgehead atoms. The highest BCUT2D eigenvalue weighted by Crippen LogP contribution is 2.37. The summed E-state index contributed by atoms with van der Waals surface area (Å²) >= 11 is 0. The Morgan fingerprint density at radius 3 is 2.10 bits per heavy atom. The molecule has 1 fully saturated rings. The molecule has 1 heterocycles. The molecule has 0 amide bonds. The summed E-state index contributed by atoms with van der Waals surface area (Å²) in [7, 11) is 1.37. The lowest BCUT2D eigenvalue weighted by Crippen LogP contribution is -2.41. The van der Waals surface area contributed by atoms with Crippen LogP contribution >= 0.6 is 0 Å². The molecule has 1 saturated heterocycles. The number of ether oxygens (including phenoxy) is 1. The van der Waals surface area contributed by atoms with Gasteiger partial charge in [0.25, 0.3) is 0 Å². The van der Waals surface area contributed by atoms with Crippen LogP contribution in [0.1, 0.15) is 39.4 Å². The number of hydrogen-bond donors (Lipinski definition) is 0. The molecule has 1 aromatic carbocycles. The molecule has 1 aliphatic rings. The van der Waals surface area contributed by atoms with E-state index in [2.05, 4.69) is 0 Å². The fourth-order valence-corrected chi connectivity index (χ4v) is 2.13. The molecular weight excluding hydrogens is 251 g/mol. The topological polar surface area (TPSA) is 27.7 Å². The molecule has 1 aliphatic heterocycles. The van der Waals surface area contributed by atoms with Crippen molar-refractivity contribution in [3.05, 3.63) is 47.9 Å². The van der Waals surface area contributed by atoms with Gasteiger partial charge in [0.05, 0.1) is 17.3 Å². The number of methoxy groups -OCH3 is 1. The Hall–Kier alpha value is -1.10. The maximum atomic E-state index is 5.93. The summed E-state index contributed by atoms with van der Waals surface area (Å²) in [5, 5.41) is 0. The van der Waals surface area contributed by atoms with Gasteiger partial charge < -0.3 is 14.0 Å². The Balaban J connectivity index is 2.06. The second kappa shape index (κ2) is 5.72. The lowest BCUT2D eigenvalue weighted by molar-refractivity contribution is 0.00578. The molecule has 1 aromatic rings. The van der Waals surface area contributed by atoms with E-state index < -0.39 is 0 Å². The maximum absolute atomic E-state index is 5.93. The number of rotatable bonds is 4. The van der Waals surface area contributed by atoms with E-state index in [1.165, 1.54) is 0 Å². The van der Waals surface area contributed by atoms with Crippen LogP contribution in [-0.2, 0) is 14.0 Å². The van der Waals surface area contributed by atoms with Crippen molar-refractivity contribution in [2.24, 2.45) is 0 Å². The molecule has 1 atom stereocenters. The first-order valence-corrected chi connectivity index (χ1v) is 6.97. The lowest BCUT2D eigenvalue weighted by atomic mass is 9.88. The molecule has 0 saturated carbocycles. The molecule has 1 unspecified atom stereocenters. The maximum Gasteiger partial charge on any atom is 0.486 e. The third-order valence-electron chi connectivity index (χ3n) is 4.10. The Kier molecular flexibility index (Phi) is 4.38. The zero-order valence-electron chi connectivity index (χ0n) is 12.9. The first-order valence-electron chi connectivity index (χ1n) is 6.97. The van der Waals surface area contributed by atoms with Gasteiger partial charge in [-0.15, -0.1) is 0 Å². The summed E-state index contributed by atoms with van der Waals surface area (Å²) in [6.45, 7) is 8.19. The van der Waals surface area contributed by atoms with Gasteiger partial charge in [0.2, 0.25) is 0 Å². The smallest absolute Gasteiger partial charge is 0.400 e. The summed E-state index contributed by atoms with van der Waals surface area (Å²) in [4.78, 5) is 0. The van der Waals surface area contributed by atoms with Crippen molar-refractivity contribution >= 4 is 7.12 Å². The van der Waals surface area contributed by atoms with E-state index in [1.807, 2.05) is 70.1 Å². The molecule has 2 rings (SSSR count). The molecule has 20 heavy (non-hydrogen) atoms. The van der Waals surface area contributed by atoms with Crippen molar-refractivity contribution in [2.45, 2.75) is 45.0 Å². The summed E-state index contributed by atoms with van der Waals surface area (Å²) in [6, 6.07) is 10.1. The van der Waals surface area contributed by atoms with Crippen molar-refractivity contribution < 1.29 is 14.0 Å². The second-order valence-corrected chi connectivity index (χ2v) is 6.08.